The predicted molar refractivity (Wildman–Crippen MR) is 130 cm³/mol. The van der Waals surface area contributed by atoms with E-state index in [1.807, 2.05) is 72.8 Å². The minimum absolute atomic E-state index is 0.553. The molecule has 176 valence electrons. The van der Waals surface area contributed by atoms with E-state index in [-0.39, 0.29) is 0 Å². The Balaban J connectivity index is 1.50. The smallest absolute Gasteiger partial charge is 0.334 e. The van der Waals surface area contributed by atoms with Crippen molar-refractivity contribution in [2.75, 3.05) is 0 Å². The van der Waals surface area contributed by atoms with Crippen LogP contribution in [0.3, 0.4) is 0 Å². The van der Waals surface area contributed by atoms with Gasteiger partial charge in [0.15, 0.2) is 0 Å². The molecule has 7 heteroatoms. The van der Waals surface area contributed by atoms with Crippen LogP contribution in [-0.4, -0.2) is 11.9 Å². The number of hydrogen-bond donors (Lipinski definition) is 0. The molecule has 0 bridgehead atoms. The number of hydrogen-bond acceptors (Lipinski definition) is 6. The molecule has 2 heterocycles. The number of carbonyl (C=O) groups excluding carboxylic acids is 2. The van der Waals surface area contributed by atoms with E-state index in [1.165, 1.54) is 0 Å². The summed E-state index contributed by atoms with van der Waals surface area (Å²) in [5.41, 5.74) is -0.809. The van der Waals surface area contributed by atoms with Gasteiger partial charge in [-0.15, -0.1) is 0 Å². The highest BCUT2D eigenvalue weighted by Crippen LogP contribution is 2.72. The number of carbonyl (C=O) groups is 2. The first-order valence-corrected chi connectivity index (χ1v) is 12.7. The van der Waals surface area contributed by atoms with Crippen molar-refractivity contribution < 1.29 is 26.3 Å². The summed E-state index contributed by atoms with van der Waals surface area (Å²) in [5.74, 6) is -1.36. The topological polar surface area (TPSA) is 71.1 Å². The highest BCUT2D eigenvalue weighted by molar-refractivity contribution is 8.18. The van der Waals surface area contributed by atoms with Gasteiger partial charge < -0.3 is 8.37 Å². The van der Waals surface area contributed by atoms with Gasteiger partial charge in [-0.1, -0.05) is 109 Å². The third-order valence-corrected chi connectivity index (χ3v) is 8.01. The molecule has 0 saturated carbocycles. The molecule has 0 amide bonds. The Morgan fingerprint density at radius 3 is 1.57 bits per heavy atom. The first-order chi connectivity index (χ1) is 17.1. The van der Waals surface area contributed by atoms with Crippen molar-refractivity contribution in [2.24, 2.45) is 0 Å². The number of allylic oxidation sites excluding steroid dienone is 3. The van der Waals surface area contributed by atoms with Crippen molar-refractivity contribution in [1.82, 2.24) is 0 Å². The quantitative estimate of drug-likeness (QED) is 0.470. The van der Waals surface area contributed by atoms with Crippen LogP contribution in [-0.2, 0) is 37.5 Å². The third kappa shape index (κ3) is 3.27. The molecule has 2 saturated heterocycles. The van der Waals surface area contributed by atoms with Crippen molar-refractivity contribution in [3.8, 4) is 0 Å². The summed E-state index contributed by atoms with van der Waals surface area (Å²) in [6, 6.07) is 27.2. The summed E-state index contributed by atoms with van der Waals surface area (Å²) in [5, 5.41) is 0. The Morgan fingerprint density at radius 2 is 1.09 bits per heavy atom. The number of rotatable bonds is 4. The second kappa shape index (κ2) is 8.23. The van der Waals surface area contributed by atoms with Crippen LogP contribution in [0.4, 0.5) is 0 Å². The summed E-state index contributed by atoms with van der Waals surface area (Å²) in [6.45, 7) is 0. The zero-order valence-corrected chi connectivity index (χ0v) is 19.5. The molecule has 0 N–H and O–H groups in total. The zero-order valence-electron chi connectivity index (χ0n) is 18.7. The summed E-state index contributed by atoms with van der Waals surface area (Å²) < 4.78 is 24.4. The normalized spacial score (nSPS) is 28.7. The molecule has 35 heavy (non-hydrogen) atoms. The van der Waals surface area contributed by atoms with E-state index >= 15 is 0 Å². The SMILES string of the molecule is O=C1OS2(OC(=O)C(c3ccccc3)(c3ccccc3)O2)OC1(C1=CC=CCC1)c1ccccc1. The van der Waals surface area contributed by atoms with Gasteiger partial charge in [-0.2, -0.15) is 0 Å². The third-order valence-electron chi connectivity index (χ3n) is 6.39. The Hall–Kier alpha value is -3.65. The Morgan fingerprint density at radius 1 is 0.629 bits per heavy atom. The lowest BCUT2D eigenvalue weighted by molar-refractivity contribution is -0.141. The molecule has 6 nitrogen and oxygen atoms in total. The van der Waals surface area contributed by atoms with Gasteiger partial charge in [-0.25, -0.2) is 18.0 Å². The van der Waals surface area contributed by atoms with Crippen LogP contribution in [0.1, 0.15) is 29.5 Å². The lowest BCUT2D eigenvalue weighted by Crippen LogP contribution is -2.36. The maximum atomic E-state index is 13.7. The first kappa shape index (κ1) is 21.9. The van der Waals surface area contributed by atoms with Crippen molar-refractivity contribution in [1.29, 1.82) is 0 Å². The number of benzene rings is 3. The summed E-state index contributed by atoms with van der Waals surface area (Å²) in [6.07, 6.45) is 7.10. The van der Waals surface area contributed by atoms with E-state index in [9.17, 15) is 9.59 Å². The van der Waals surface area contributed by atoms with Gasteiger partial charge in [0.25, 0.3) is 0 Å². The second-order valence-electron chi connectivity index (χ2n) is 8.44. The fraction of sp³-hybridized carbons (Fsp3) is 0.143. The van der Waals surface area contributed by atoms with Gasteiger partial charge in [0.1, 0.15) is 0 Å². The first-order valence-electron chi connectivity index (χ1n) is 11.3. The lowest BCUT2D eigenvalue weighted by Gasteiger charge is -2.31. The van der Waals surface area contributed by atoms with Gasteiger partial charge in [0, 0.05) is 16.7 Å². The molecule has 1 aliphatic carbocycles. The monoisotopic (exact) mass is 486 g/mol. The maximum absolute atomic E-state index is 13.7. The summed E-state index contributed by atoms with van der Waals surface area (Å²) >= 11 is -3.50. The van der Waals surface area contributed by atoms with E-state index in [4.69, 9.17) is 16.7 Å². The van der Waals surface area contributed by atoms with Crippen LogP contribution in [0.15, 0.2) is 115 Å². The molecule has 3 aliphatic rings. The molecule has 2 unspecified atom stereocenters. The van der Waals surface area contributed by atoms with Gasteiger partial charge in [-0.05, 0) is 18.4 Å². The molecule has 0 aromatic heterocycles. The van der Waals surface area contributed by atoms with Gasteiger partial charge >= 0.3 is 23.1 Å². The fourth-order valence-corrected chi connectivity index (χ4v) is 6.68. The van der Waals surface area contributed by atoms with Crippen LogP contribution in [0.5, 0.6) is 0 Å². The molecule has 3 aromatic carbocycles. The van der Waals surface area contributed by atoms with Crippen LogP contribution < -0.4 is 0 Å². The Kier molecular flexibility index (Phi) is 5.14. The van der Waals surface area contributed by atoms with E-state index in [0.717, 1.165) is 12.0 Å². The maximum Gasteiger partial charge on any atom is 0.365 e. The zero-order chi connectivity index (χ0) is 23.9. The van der Waals surface area contributed by atoms with Crippen LogP contribution in [0.25, 0.3) is 0 Å². The molecule has 3 aromatic rings. The average Bonchev–Trinajstić information content (AvgIpc) is 3.38. The van der Waals surface area contributed by atoms with E-state index < -0.39 is 34.3 Å². The second-order valence-corrected chi connectivity index (χ2v) is 9.92. The molecule has 2 fully saturated rings. The molecular formula is C28H22O6S. The average molecular weight is 487 g/mol. The van der Waals surface area contributed by atoms with Crippen molar-refractivity contribution in [3.63, 3.8) is 0 Å². The minimum atomic E-state index is -3.50. The fourth-order valence-electron chi connectivity index (χ4n) is 4.73. The van der Waals surface area contributed by atoms with Crippen LogP contribution in [0.2, 0.25) is 0 Å². The predicted octanol–water partition coefficient (Wildman–Crippen LogP) is 5.71. The van der Waals surface area contributed by atoms with Crippen molar-refractivity contribution in [2.45, 2.75) is 24.0 Å². The van der Waals surface area contributed by atoms with Crippen molar-refractivity contribution in [3.05, 3.63) is 131 Å². The van der Waals surface area contributed by atoms with Gasteiger partial charge in [-0.3, -0.25) is 0 Å². The lowest BCUT2D eigenvalue weighted by atomic mass is 9.82. The molecular weight excluding hydrogens is 464 g/mol. The van der Waals surface area contributed by atoms with Crippen LogP contribution >= 0.6 is 11.2 Å². The molecule has 2 aliphatic heterocycles. The van der Waals surface area contributed by atoms with Gasteiger partial charge in [0.05, 0.1) is 0 Å². The molecule has 6 rings (SSSR count). The molecule has 0 radical (unpaired) electrons. The van der Waals surface area contributed by atoms with E-state index in [0.29, 0.717) is 23.1 Å². The largest absolute Gasteiger partial charge is 0.365 e. The standard InChI is InChI=1S/C28H22O6S/c29-25-27(21-13-5-1-6-14-21,22-15-7-2-8-16-22)33-35(31-25)32-26(30)28(34-35,23-17-9-3-10-18-23)24-19-11-4-12-20-24/h1-11,13-19H,12,20H2. The Labute approximate surface area is 204 Å². The van der Waals surface area contributed by atoms with E-state index in [2.05, 4.69) is 0 Å². The Bertz CT molecular complexity index is 1300. The van der Waals surface area contributed by atoms with Gasteiger partial charge in [0.2, 0.25) is 11.2 Å². The highest BCUT2D eigenvalue weighted by Gasteiger charge is 2.70. The van der Waals surface area contributed by atoms with Crippen LogP contribution in [0, 0.1) is 0 Å². The highest BCUT2D eigenvalue weighted by atomic mass is 32.3. The van der Waals surface area contributed by atoms with E-state index in [1.54, 1.807) is 36.4 Å². The molecule has 2 atom stereocenters. The minimum Gasteiger partial charge on any atom is -0.334 e. The summed E-state index contributed by atoms with van der Waals surface area (Å²) in [7, 11) is 0. The molecule has 1 spiro atoms. The van der Waals surface area contributed by atoms with Crippen molar-refractivity contribution >= 4 is 23.1 Å². The summed E-state index contributed by atoms with van der Waals surface area (Å²) in [4.78, 5) is 27.4.